The third-order valence-electron chi connectivity index (χ3n) is 4.63. The minimum Gasteiger partial charge on any atom is -0.340 e. The van der Waals surface area contributed by atoms with Crippen LogP contribution in [0.1, 0.15) is 20.3 Å². The average Bonchev–Trinajstić information content (AvgIpc) is 3.24. The minimum atomic E-state index is -0.763. The summed E-state index contributed by atoms with van der Waals surface area (Å²) >= 11 is 0. The average molecular weight is 393 g/mol. The Morgan fingerprint density at radius 1 is 1.21 bits per heavy atom. The highest BCUT2D eigenvalue weighted by molar-refractivity contribution is 5.81. The van der Waals surface area contributed by atoms with Gasteiger partial charge in [0.1, 0.15) is 5.82 Å². The lowest BCUT2D eigenvalue weighted by Crippen LogP contribution is -2.24. The van der Waals surface area contributed by atoms with Crippen molar-refractivity contribution in [1.29, 1.82) is 0 Å². The van der Waals surface area contributed by atoms with E-state index in [0.717, 1.165) is 17.7 Å². The van der Waals surface area contributed by atoms with Crippen LogP contribution in [0.3, 0.4) is 0 Å². The summed E-state index contributed by atoms with van der Waals surface area (Å²) in [6.45, 7) is 4.59. The molecule has 0 unspecified atom stereocenters. The highest BCUT2D eigenvalue weighted by Crippen LogP contribution is 2.22. The fourth-order valence-electron chi connectivity index (χ4n) is 3.05. The van der Waals surface area contributed by atoms with Gasteiger partial charge in [0, 0.05) is 35.4 Å². The highest BCUT2D eigenvalue weighted by atomic mass is 19.1. The van der Waals surface area contributed by atoms with E-state index in [1.54, 1.807) is 12.3 Å². The number of halogens is 1. The monoisotopic (exact) mass is 393 g/mol. The van der Waals surface area contributed by atoms with E-state index in [1.807, 2.05) is 24.3 Å². The molecule has 0 atom stereocenters. The number of hydrogen-bond acceptors (Lipinski definition) is 6. The number of hydrogen-bond donors (Lipinski definition) is 2. The van der Waals surface area contributed by atoms with Gasteiger partial charge in [0.25, 0.3) is 5.56 Å². The molecular weight excluding hydrogens is 373 g/mol. The Balaban J connectivity index is 1.65. The van der Waals surface area contributed by atoms with Crippen molar-refractivity contribution in [3.63, 3.8) is 0 Å². The number of anilines is 2. The topological polar surface area (TPSA) is 101 Å². The maximum absolute atomic E-state index is 14.0. The number of aromatic amines is 1. The first kappa shape index (κ1) is 18.7. The summed E-state index contributed by atoms with van der Waals surface area (Å²) < 4.78 is 15.5. The van der Waals surface area contributed by atoms with Gasteiger partial charge in [-0.15, -0.1) is 10.2 Å². The normalized spacial score (nSPS) is 11.3. The van der Waals surface area contributed by atoms with E-state index >= 15 is 0 Å². The standard InChI is InChI=1S/C20H20FN7O/c1-12(2)7-8-28-17-10-18(22-11-14(17)9-16(21)20(28)29)23-15-5-3-13(4-6-15)19-24-26-27-25-19/h3-6,9-12H,7-8H2,1-2H3,(H,22,23)(H,24,25,26,27). The number of nitrogens with one attached hydrogen (secondary N) is 2. The predicted octanol–water partition coefficient (Wildman–Crippen LogP) is 3.51. The van der Waals surface area contributed by atoms with E-state index in [0.29, 0.717) is 35.0 Å². The van der Waals surface area contributed by atoms with Crippen molar-refractivity contribution in [1.82, 2.24) is 30.2 Å². The fraction of sp³-hybridized carbons (Fsp3) is 0.250. The molecule has 9 heteroatoms. The number of benzene rings is 1. The van der Waals surface area contributed by atoms with Gasteiger partial charge >= 0.3 is 0 Å². The van der Waals surface area contributed by atoms with Gasteiger partial charge in [-0.2, -0.15) is 5.21 Å². The third-order valence-corrected chi connectivity index (χ3v) is 4.63. The molecule has 3 aromatic heterocycles. The van der Waals surface area contributed by atoms with E-state index < -0.39 is 11.4 Å². The molecule has 0 aliphatic rings. The number of pyridine rings is 2. The van der Waals surface area contributed by atoms with Crippen LogP contribution in [0.25, 0.3) is 22.3 Å². The Hall–Kier alpha value is -3.62. The van der Waals surface area contributed by atoms with Crippen LogP contribution in [0.15, 0.2) is 47.4 Å². The summed E-state index contributed by atoms with van der Waals surface area (Å²) in [4.78, 5) is 16.7. The van der Waals surface area contributed by atoms with Crippen LogP contribution in [-0.4, -0.2) is 30.2 Å². The molecule has 0 radical (unpaired) electrons. The maximum Gasteiger partial charge on any atom is 0.287 e. The largest absolute Gasteiger partial charge is 0.340 e. The molecule has 8 nitrogen and oxygen atoms in total. The van der Waals surface area contributed by atoms with Gasteiger partial charge in [0.05, 0.1) is 5.52 Å². The van der Waals surface area contributed by atoms with Gasteiger partial charge in [0.15, 0.2) is 5.82 Å². The molecule has 2 N–H and O–H groups in total. The Morgan fingerprint density at radius 2 is 2.00 bits per heavy atom. The molecule has 0 saturated heterocycles. The summed E-state index contributed by atoms with van der Waals surface area (Å²) in [5, 5.41) is 17.7. The van der Waals surface area contributed by atoms with Gasteiger partial charge in [-0.3, -0.25) is 4.79 Å². The highest BCUT2D eigenvalue weighted by Gasteiger charge is 2.11. The fourth-order valence-corrected chi connectivity index (χ4v) is 3.05. The van der Waals surface area contributed by atoms with Crippen LogP contribution in [0.2, 0.25) is 0 Å². The Kier molecular flexibility index (Phi) is 5.03. The molecule has 1 aromatic carbocycles. The number of H-pyrrole nitrogens is 1. The molecule has 0 bridgehead atoms. The van der Waals surface area contributed by atoms with Crippen LogP contribution in [0.5, 0.6) is 0 Å². The number of tetrazole rings is 1. The molecule has 4 rings (SSSR count). The first-order chi connectivity index (χ1) is 14.0. The summed E-state index contributed by atoms with van der Waals surface area (Å²) in [6, 6.07) is 10.5. The third kappa shape index (κ3) is 3.98. The SMILES string of the molecule is CC(C)CCn1c(=O)c(F)cc2cnc(Nc3ccc(-c4nn[nH]n4)cc3)cc21. The summed E-state index contributed by atoms with van der Waals surface area (Å²) in [5.74, 6) is 0.712. The van der Waals surface area contributed by atoms with Crippen molar-refractivity contribution >= 4 is 22.4 Å². The summed E-state index contributed by atoms with van der Waals surface area (Å²) in [5.41, 5.74) is 1.67. The first-order valence-corrected chi connectivity index (χ1v) is 9.31. The molecule has 0 amide bonds. The van der Waals surface area contributed by atoms with Gasteiger partial charge in [0.2, 0.25) is 5.82 Å². The Bertz CT molecular complexity index is 1180. The maximum atomic E-state index is 14.0. The quantitative estimate of drug-likeness (QED) is 0.520. The minimum absolute atomic E-state index is 0.400. The van der Waals surface area contributed by atoms with Crippen LogP contribution in [-0.2, 0) is 6.54 Å². The van der Waals surface area contributed by atoms with Crippen molar-refractivity contribution < 1.29 is 4.39 Å². The van der Waals surface area contributed by atoms with Crippen LogP contribution < -0.4 is 10.9 Å². The van der Waals surface area contributed by atoms with Crippen molar-refractivity contribution in [2.24, 2.45) is 5.92 Å². The lowest BCUT2D eigenvalue weighted by molar-refractivity contribution is 0.501. The van der Waals surface area contributed by atoms with Gasteiger partial charge in [-0.05, 0) is 47.9 Å². The molecule has 0 aliphatic heterocycles. The number of nitrogens with zero attached hydrogens (tertiary/aromatic N) is 5. The second-order valence-corrected chi connectivity index (χ2v) is 7.20. The summed E-state index contributed by atoms with van der Waals surface area (Å²) in [7, 11) is 0. The van der Waals surface area contributed by atoms with Crippen LogP contribution >= 0.6 is 0 Å². The lowest BCUT2D eigenvalue weighted by atomic mass is 10.1. The zero-order chi connectivity index (χ0) is 20.4. The zero-order valence-electron chi connectivity index (χ0n) is 16.1. The Labute approximate surface area is 165 Å². The molecule has 0 aliphatic carbocycles. The van der Waals surface area contributed by atoms with Crippen LogP contribution in [0, 0.1) is 11.7 Å². The second kappa shape index (κ2) is 7.78. The number of fused-ring (bicyclic) bond motifs is 1. The molecule has 4 aromatic rings. The van der Waals surface area contributed by atoms with Crippen molar-refractivity contribution in [3.8, 4) is 11.4 Å². The molecule has 148 valence electrons. The lowest BCUT2D eigenvalue weighted by Gasteiger charge is -2.13. The van der Waals surface area contributed by atoms with E-state index in [-0.39, 0.29) is 0 Å². The zero-order valence-corrected chi connectivity index (χ0v) is 16.1. The van der Waals surface area contributed by atoms with Crippen molar-refractivity contribution in [2.45, 2.75) is 26.8 Å². The molecule has 0 spiro atoms. The van der Waals surface area contributed by atoms with Gasteiger partial charge in [-0.25, -0.2) is 9.37 Å². The predicted molar refractivity (Wildman–Crippen MR) is 108 cm³/mol. The van der Waals surface area contributed by atoms with Crippen molar-refractivity contribution in [3.05, 3.63) is 58.8 Å². The molecular formula is C20H20FN7O. The Morgan fingerprint density at radius 3 is 2.69 bits per heavy atom. The molecule has 0 saturated carbocycles. The second-order valence-electron chi connectivity index (χ2n) is 7.20. The molecule has 3 heterocycles. The van der Waals surface area contributed by atoms with Gasteiger partial charge in [-0.1, -0.05) is 13.8 Å². The van der Waals surface area contributed by atoms with Crippen molar-refractivity contribution in [2.75, 3.05) is 5.32 Å². The van der Waals surface area contributed by atoms with E-state index in [9.17, 15) is 9.18 Å². The molecule has 0 fully saturated rings. The smallest absolute Gasteiger partial charge is 0.287 e. The van der Waals surface area contributed by atoms with E-state index in [1.165, 1.54) is 10.6 Å². The first-order valence-electron chi connectivity index (χ1n) is 9.31. The number of rotatable bonds is 6. The number of aromatic nitrogens is 6. The van der Waals surface area contributed by atoms with E-state index in [2.05, 4.69) is 44.8 Å². The molecule has 29 heavy (non-hydrogen) atoms. The van der Waals surface area contributed by atoms with E-state index in [4.69, 9.17) is 0 Å². The summed E-state index contributed by atoms with van der Waals surface area (Å²) in [6.07, 6.45) is 2.35. The van der Waals surface area contributed by atoms with Gasteiger partial charge < -0.3 is 9.88 Å². The number of aryl methyl sites for hydroxylation is 1. The van der Waals surface area contributed by atoms with Crippen LogP contribution in [0.4, 0.5) is 15.9 Å².